The smallest absolute Gasteiger partial charge is 0.279 e. The van der Waals surface area contributed by atoms with Gasteiger partial charge in [-0.2, -0.15) is 5.10 Å². The molecule has 0 bridgehead atoms. The lowest BCUT2D eigenvalue weighted by Gasteiger charge is -2.35. The topological polar surface area (TPSA) is 55.2 Å². The van der Waals surface area contributed by atoms with Gasteiger partial charge in [0.25, 0.3) is 11.5 Å². The molecule has 2 heterocycles. The summed E-state index contributed by atoms with van der Waals surface area (Å²) in [5.74, 6) is -0.673. The van der Waals surface area contributed by atoms with Crippen LogP contribution in [0.25, 0.3) is 0 Å². The highest BCUT2D eigenvalue weighted by Gasteiger charge is 2.32. The molecule has 0 unspecified atom stereocenters. The van der Waals surface area contributed by atoms with Crippen molar-refractivity contribution in [1.82, 2.24) is 14.7 Å². The summed E-state index contributed by atoms with van der Waals surface area (Å²) < 4.78 is 15.4. The molecule has 5 nitrogen and oxygen atoms in total. The van der Waals surface area contributed by atoms with Gasteiger partial charge >= 0.3 is 0 Å². The largest absolute Gasteiger partial charge is 0.331 e. The van der Waals surface area contributed by atoms with Gasteiger partial charge in [0.05, 0.1) is 11.7 Å². The van der Waals surface area contributed by atoms with Gasteiger partial charge in [0, 0.05) is 19.2 Å². The van der Waals surface area contributed by atoms with Gasteiger partial charge in [0.15, 0.2) is 0 Å². The molecule has 1 aromatic heterocycles. The van der Waals surface area contributed by atoms with E-state index >= 15 is 0 Å². The molecule has 6 heteroatoms. The van der Waals surface area contributed by atoms with Crippen LogP contribution in [0.15, 0.2) is 23.0 Å². The number of halogens is 1. The molecule has 0 aliphatic carbocycles. The van der Waals surface area contributed by atoms with E-state index in [0.29, 0.717) is 29.8 Å². The van der Waals surface area contributed by atoms with Crippen LogP contribution in [0.3, 0.4) is 0 Å². The molecule has 1 aliphatic heterocycles. The summed E-state index contributed by atoms with van der Waals surface area (Å²) in [6, 6.07) is 4.56. The van der Waals surface area contributed by atoms with Crippen molar-refractivity contribution < 1.29 is 9.18 Å². The van der Waals surface area contributed by atoms with Gasteiger partial charge in [-0.25, -0.2) is 9.07 Å². The summed E-state index contributed by atoms with van der Waals surface area (Å²) in [5, 5.41) is 4.10. The maximum atomic E-state index is 14.2. The van der Waals surface area contributed by atoms with Crippen molar-refractivity contribution in [2.75, 3.05) is 6.54 Å². The Labute approximate surface area is 139 Å². The number of fused-ring (bicyclic) bond motifs is 1. The maximum absolute atomic E-state index is 14.2. The highest BCUT2D eigenvalue weighted by molar-refractivity contribution is 5.95. The predicted octanol–water partition coefficient (Wildman–Crippen LogP) is 2.30. The second kappa shape index (κ2) is 5.85. The van der Waals surface area contributed by atoms with Crippen molar-refractivity contribution in [3.63, 3.8) is 0 Å². The van der Waals surface area contributed by atoms with E-state index in [9.17, 15) is 14.0 Å². The number of benzene rings is 1. The standard InChI is InChI=1S/C18H20FN3O2/c1-10-11(2)20-21(4)17(23)15(10)18(24)22-9-8-13-6-5-7-14(19)16(13)12(22)3/h5-7,12H,8-9H2,1-4H3/t12-/m1/s1. The molecule has 0 spiro atoms. The normalized spacial score (nSPS) is 16.9. The number of aryl methyl sites for hydroxylation is 2. The van der Waals surface area contributed by atoms with Crippen molar-refractivity contribution in [3.8, 4) is 0 Å². The fraction of sp³-hybridized carbons (Fsp3) is 0.389. The molecule has 126 valence electrons. The zero-order valence-corrected chi connectivity index (χ0v) is 14.3. The molecule has 24 heavy (non-hydrogen) atoms. The molecule has 1 atom stereocenters. The Hall–Kier alpha value is -2.50. The van der Waals surface area contributed by atoms with Crippen molar-refractivity contribution in [2.45, 2.75) is 33.2 Å². The minimum atomic E-state index is -0.422. The first-order valence-electron chi connectivity index (χ1n) is 7.95. The van der Waals surface area contributed by atoms with Crippen LogP contribution < -0.4 is 5.56 Å². The first-order chi connectivity index (χ1) is 11.3. The Morgan fingerprint density at radius 1 is 1.33 bits per heavy atom. The van der Waals surface area contributed by atoms with Crippen LogP contribution in [-0.4, -0.2) is 27.1 Å². The van der Waals surface area contributed by atoms with Gasteiger partial charge in [-0.3, -0.25) is 9.59 Å². The summed E-state index contributed by atoms with van der Waals surface area (Å²) in [7, 11) is 1.53. The molecular weight excluding hydrogens is 309 g/mol. The minimum Gasteiger partial charge on any atom is -0.331 e. The van der Waals surface area contributed by atoms with Gasteiger partial charge in [-0.1, -0.05) is 12.1 Å². The van der Waals surface area contributed by atoms with Crippen LogP contribution in [-0.2, 0) is 13.5 Å². The van der Waals surface area contributed by atoms with Crippen LogP contribution in [0.4, 0.5) is 4.39 Å². The number of carbonyl (C=O) groups is 1. The quantitative estimate of drug-likeness (QED) is 0.807. The van der Waals surface area contributed by atoms with Gasteiger partial charge < -0.3 is 4.90 Å². The number of rotatable bonds is 1. The second-order valence-corrected chi connectivity index (χ2v) is 6.25. The van der Waals surface area contributed by atoms with E-state index in [-0.39, 0.29) is 17.3 Å². The Morgan fingerprint density at radius 3 is 2.75 bits per heavy atom. The average Bonchev–Trinajstić information content (AvgIpc) is 2.53. The number of hydrogen-bond donors (Lipinski definition) is 0. The number of carbonyl (C=O) groups excluding carboxylic acids is 1. The zero-order chi connectivity index (χ0) is 17.6. The van der Waals surface area contributed by atoms with Gasteiger partial charge in [-0.15, -0.1) is 0 Å². The van der Waals surface area contributed by atoms with E-state index in [1.165, 1.54) is 17.8 Å². The summed E-state index contributed by atoms with van der Waals surface area (Å²) in [6.07, 6.45) is 0.576. The number of aromatic nitrogens is 2. The Bertz CT molecular complexity index is 889. The number of hydrogen-bond acceptors (Lipinski definition) is 3. The van der Waals surface area contributed by atoms with E-state index < -0.39 is 11.6 Å². The third-order valence-corrected chi connectivity index (χ3v) is 4.85. The summed E-state index contributed by atoms with van der Waals surface area (Å²) in [4.78, 5) is 27.0. The van der Waals surface area contributed by atoms with Gasteiger partial charge in [-0.05, 0) is 44.4 Å². The van der Waals surface area contributed by atoms with Crippen molar-refractivity contribution in [3.05, 3.63) is 62.3 Å². The molecule has 1 aliphatic rings. The molecule has 1 amide bonds. The van der Waals surface area contributed by atoms with Gasteiger partial charge in [0.2, 0.25) is 0 Å². The van der Waals surface area contributed by atoms with Crippen molar-refractivity contribution >= 4 is 5.91 Å². The summed E-state index contributed by atoms with van der Waals surface area (Å²) >= 11 is 0. The maximum Gasteiger partial charge on any atom is 0.279 e. The number of nitrogens with zero attached hydrogens (tertiary/aromatic N) is 3. The minimum absolute atomic E-state index is 0.122. The van der Waals surface area contributed by atoms with Crippen molar-refractivity contribution in [1.29, 1.82) is 0 Å². The van der Waals surface area contributed by atoms with Crippen LogP contribution in [0.1, 0.15) is 45.7 Å². The van der Waals surface area contributed by atoms with Gasteiger partial charge in [0.1, 0.15) is 11.4 Å². The first-order valence-corrected chi connectivity index (χ1v) is 7.95. The van der Waals surface area contributed by atoms with Crippen LogP contribution in [0, 0.1) is 19.7 Å². The Morgan fingerprint density at radius 2 is 2.04 bits per heavy atom. The molecule has 3 rings (SSSR count). The fourth-order valence-corrected chi connectivity index (χ4v) is 3.38. The second-order valence-electron chi connectivity index (χ2n) is 6.25. The van der Waals surface area contributed by atoms with Crippen LogP contribution in [0.2, 0.25) is 0 Å². The highest BCUT2D eigenvalue weighted by Crippen LogP contribution is 2.32. The monoisotopic (exact) mass is 329 g/mol. The SMILES string of the molecule is Cc1nn(C)c(=O)c(C(=O)N2CCc3cccc(F)c3[C@H]2C)c1C. The molecular formula is C18H20FN3O2. The van der Waals surface area contributed by atoms with Crippen LogP contribution >= 0.6 is 0 Å². The van der Waals surface area contributed by atoms with Crippen molar-refractivity contribution in [2.24, 2.45) is 7.05 Å². The lowest BCUT2D eigenvalue weighted by molar-refractivity contribution is 0.0670. The molecule has 0 saturated heterocycles. The van der Waals surface area contributed by atoms with E-state index in [4.69, 9.17) is 0 Å². The lowest BCUT2D eigenvalue weighted by Crippen LogP contribution is -2.43. The van der Waals surface area contributed by atoms with Crippen LogP contribution in [0.5, 0.6) is 0 Å². The predicted molar refractivity (Wildman–Crippen MR) is 88.5 cm³/mol. The summed E-state index contributed by atoms with van der Waals surface area (Å²) in [6.45, 7) is 5.74. The molecule has 0 radical (unpaired) electrons. The number of amides is 1. The lowest BCUT2D eigenvalue weighted by atomic mass is 9.92. The Kier molecular flexibility index (Phi) is 3.99. The Balaban J connectivity index is 2.07. The van der Waals surface area contributed by atoms with E-state index in [1.807, 2.05) is 6.07 Å². The zero-order valence-electron chi connectivity index (χ0n) is 14.3. The summed E-state index contributed by atoms with van der Waals surface area (Å²) in [5.41, 5.74) is 2.37. The highest BCUT2D eigenvalue weighted by atomic mass is 19.1. The molecule has 2 aromatic rings. The average molecular weight is 329 g/mol. The van der Waals surface area contributed by atoms with E-state index in [2.05, 4.69) is 5.10 Å². The molecule has 1 aromatic carbocycles. The molecule has 0 saturated carbocycles. The first kappa shape index (κ1) is 16.4. The van der Waals surface area contributed by atoms with E-state index in [1.54, 1.807) is 31.7 Å². The molecule has 0 N–H and O–H groups in total. The third-order valence-electron chi connectivity index (χ3n) is 4.85. The third kappa shape index (κ3) is 2.42. The fourth-order valence-electron chi connectivity index (χ4n) is 3.38. The molecule has 0 fully saturated rings. The van der Waals surface area contributed by atoms with E-state index in [0.717, 1.165) is 5.56 Å².